The van der Waals surface area contributed by atoms with Gasteiger partial charge in [-0.15, -0.1) is 0 Å². The molecule has 1 aromatic heterocycles. The van der Waals surface area contributed by atoms with Crippen LogP contribution < -0.4 is 11.3 Å². The third-order valence-electron chi connectivity index (χ3n) is 3.74. The summed E-state index contributed by atoms with van der Waals surface area (Å²) < 4.78 is 2.19. The van der Waals surface area contributed by atoms with E-state index in [1.807, 2.05) is 18.5 Å². The first-order valence-electron chi connectivity index (χ1n) is 7.33. The zero-order valence-corrected chi connectivity index (χ0v) is 12.3. The molecule has 0 aliphatic rings. The smallest absolute Gasteiger partial charge is 0.127 e. The van der Waals surface area contributed by atoms with E-state index in [0.717, 1.165) is 25.2 Å². The van der Waals surface area contributed by atoms with Crippen molar-refractivity contribution in [2.24, 2.45) is 5.84 Å². The zero-order chi connectivity index (χ0) is 14.4. The van der Waals surface area contributed by atoms with Crippen molar-refractivity contribution < 1.29 is 0 Å². The molecular formula is C16H24N4. The summed E-state index contributed by atoms with van der Waals surface area (Å²) in [6.45, 7) is 5.33. The van der Waals surface area contributed by atoms with Crippen LogP contribution in [-0.4, -0.2) is 9.55 Å². The summed E-state index contributed by atoms with van der Waals surface area (Å²) in [6, 6.07) is 10.5. The minimum atomic E-state index is 0.0314. The van der Waals surface area contributed by atoms with Crippen LogP contribution in [0, 0.1) is 0 Å². The van der Waals surface area contributed by atoms with Gasteiger partial charge < -0.3 is 4.57 Å². The normalized spacial score (nSPS) is 14.2. The molecule has 2 unspecified atom stereocenters. The number of hydrogen-bond acceptors (Lipinski definition) is 3. The molecule has 0 spiro atoms. The number of aryl methyl sites for hydroxylation is 1. The molecule has 20 heavy (non-hydrogen) atoms. The van der Waals surface area contributed by atoms with Gasteiger partial charge in [-0.1, -0.05) is 44.2 Å². The summed E-state index contributed by atoms with van der Waals surface area (Å²) >= 11 is 0. The fourth-order valence-corrected chi connectivity index (χ4v) is 2.76. The first-order chi connectivity index (χ1) is 9.81. The molecule has 4 nitrogen and oxygen atoms in total. The number of hydrogen-bond donors (Lipinski definition) is 2. The molecule has 108 valence electrons. The number of nitrogens with zero attached hydrogens (tertiary/aromatic N) is 2. The molecule has 2 rings (SSSR count). The number of nitrogens with one attached hydrogen (secondary N) is 1. The van der Waals surface area contributed by atoms with Crippen molar-refractivity contribution in [2.75, 3.05) is 0 Å². The van der Waals surface area contributed by atoms with E-state index in [1.165, 1.54) is 5.56 Å². The minimum Gasteiger partial charge on any atom is -0.334 e. The molecular weight excluding hydrogens is 248 g/mol. The Hall–Kier alpha value is -1.65. The van der Waals surface area contributed by atoms with Gasteiger partial charge in [0.25, 0.3) is 0 Å². The van der Waals surface area contributed by atoms with E-state index in [1.54, 1.807) is 0 Å². The summed E-state index contributed by atoms with van der Waals surface area (Å²) in [5.74, 6) is 7.18. The highest BCUT2D eigenvalue weighted by molar-refractivity contribution is 5.23. The third kappa shape index (κ3) is 3.08. The zero-order valence-electron chi connectivity index (χ0n) is 12.3. The largest absolute Gasteiger partial charge is 0.334 e. The van der Waals surface area contributed by atoms with Gasteiger partial charge in [-0.25, -0.2) is 10.4 Å². The number of rotatable bonds is 7. The maximum atomic E-state index is 5.84. The van der Waals surface area contributed by atoms with Crippen LogP contribution >= 0.6 is 0 Å². The Morgan fingerprint density at radius 1 is 1.25 bits per heavy atom. The highest BCUT2D eigenvalue weighted by atomic mass is 15.3. The maximum Gasteiger partial charge on any atom is 0.127 e. The van der Waals surface area contributed by atoms with Crippen LogP contribution in [0.5, 0.6) is 0 Å². The molecule has 1 aromatic carbocycles. The van der Waals surface area contributed by atoms with Crippen LogP contribution in [0.4, 0.5) is 0 Å². The number of imidazole rings is 1. The van der Waals surface area contributed by atoms with Gasteiger partial charge in [0.05, 0.1) is 6.04 Å². The van der Waals surface area contributed by atoms with Gasteiger partial charge >= 0.3 is 0 Å². The number of nitrogens with two attached hydrogens (primary N) is 1. The molecule has 0 amide bonds. The van der Waals surface area contributed by atoms with Crippen molar-refractivity contribution in [1.82, 2.24) is 15.0 Å². The Morgan fingerprint density at radius 2 is 2.00 bits per heavy atom. The predicted molar refractivity (Wildman–Crippen MR) is 82.1 cm³/mol. The second-order valence-electron chi connectivity index (χ2n) is 5.05. The summed E-state index contributed by atoms with van der Waals surface area (Å²) in [5, 5.41) is 0. The van der Waals surface area contributed by atoms with Crippen molar-refractivity contribution in [3.63, 3.8) is 0 Å². The predicted octanol–water partition coefficient (Wildman–Crippen LogP) is 2.99. The average Bonchev–Trinajstić information content (AvgIpc) is 2.94. The maximum absolute atomic E-state index is 5.84. The lowest BCUT2D eigenvalue weighted by Crippen LogP contribution is -2.34. The summed E-state index contributed by atoms with van der Waals surface area (Å²) in [4.78, 5) is 4.52. The van der Waals surface area contributed by atoms with Crippen molar-refractivity contribution in [3.8, 4) is 0 Å². The quantitative estimate of drug-likeness (QED) is 0.602. The second kappa shape index (κ2) is 7.22. The molecule has 0 saturated heterocycles. The molecule has 0 saturated carbocycles. The van der Waals surface area contributed by atoms with Crippen LogP contribution in [0.25, 0.3) is 0 Å². The SMILES string of the molecule is CCCn1ccnc1C(NN)C(CC)c1ccccc1. The lowest BCUT2D eigenvalue weighted by Gasteiger charge is -2.26. The molecule has 4 heteroatoms. The minimum absolute atomic E-state index is 0.0314. The summed E-state index contributed by atoms with van der Waals surface area (Å²) in [6.07, 6.45) is 5.98. The summed E-state index contributed by atoms with van der Waals surface area (Å²) in [5.41, 5.74) is 4.26. The van der Waals surface area contributed by atoms with Crippen molar-refractivity contribution in [2.45, 2.75) is 45.2 Å². The van der Waals surface area contributed by atoms with E-state index in [2.05, 4.69) is 53.1 Å². The first kappa shape index (κ1) is 14.8. The van der Waals surface area contributed by atoms with Crippen LogP contribution in [0.2, 0.25) is 0 Å². The Bertz CT molecular complexity index is 506. The van der Waals surface area contributed by atoms with E-state index in [4.69, 9.17) is 5.84 Å². The number of hydrazine groups is 1. The summed E-state index contributed by atoms with van der Waals surface area (Å²) in [7, 11) is 0. The molecule has 0 radical (unpaired) electrons. The Morgan fingerprint density at radius 3 is 2.60 bits per heavy atom. The van der Waals surface area contributed by atoms with Crippen LogP contribution in [0.1, 0.15) is 50.0 Å². The molecule has 3 N–H and O–H groups in total. The first-order valence-corrected chi connectivity index (χ1v) is 7.33. The van der Waals surface area contributed by atoms with Gasteiger partial charge in [0.2, 0.25) is 0 Å². The van der Waals surface area contributed by atoms with Crippen LogP contribution in [0.15, 0.2) is 42.7 Å². The fraction of sp³-hybridized carbons (Fsp3) is 0.438. The highest BCUT2D eigenvalue weighted by Gasteiger charge is 2.25. The Kier molecular flexibility index (Phi) is 5.32. The van der Waals surface area contributed by atoms with Crippen molar-refractivity contribution >= 4 is 0 Å². The Balaban J connectivity index is 2.32. The van der Waals surface area contributed by atoms with E-state index < -0.39 is 0 Å². The highest BCUT2D eigenvalue weighted by Crippen LogP contribution is 2.32. The van der Waals surface area contributed by atoms with Gasteiger partial charge in [0.1, 0.15) is 5.82 Å². The number of benzene rings is 1. The van der Waals surface area contributed by atoms with Gasteiger partial charge in [0, 0.05) is 24.9 Å². The molecule has 2 aromatic rings. The van der Waals surface area contributed by atoms with E-state index in [0.29, 0.717) is 5.92 Å². The average molecular weight is 272 g/mol. The van der Waals surface area contributed by atoms with Gasteiger partial charge in [-0.3, -0.25) is 5.84 Å². The molecule has 0 bridgehead atoms. The lowest BCUT2D eigenvalue weighted by atomic mass is 9.89. The van der Waals surface area contributed by atoms with Gasteiger partial charge in [0.15, 0.2) is 0 Å². The van der Waals surface area contributed by atoms with E-state index in [-0.39, 0.29) is 6.04 Å². The molecule has 1 heterocycles. The molecule has 0 aliphatic heterocycles. The topological polar surface area (TPSA) is 55.9 Å². The van der Waals surface area contributed by atoms with Gasteiger partial charge in [-0.2, -0.15) is 0 Å². The number of aromatic nitrogens is 2. The Labute approximate surface area is 121 Å². The lowest BCUT2D eigenvalue weighted by molar-refractivity contribution is 0.408. The monoisotopic (exact) mass is 272 g/mol. The fourth-order valence-electron chi connectivity index (χ4n) is 2.76. The van der Waals surface area contributed by atoms with E-state index >= 15 is 0 Å². The van der Waals surface area contributed by atoms with Crippen LogP contribution in [-0.2, 0) is 6.54 Å². The van der Waals surface area contributed by atoms with Gasteiger partial charge in [-0.05, 0) is 18.4 Å². The molecule has 2 atom stereocenters. The van der Waals surface area contributed by atoms with E-state index in [9.17, 15) is 0 Å². The van der Waals surface area contributed by atoms with Crippen LogP contribution in [0.3, 0.4) is 0 Å². The second-order valence-corrected chi connectivity index (χ2v) is 5.05. The van der Waals surface area contributed by atoms with Crippen molar-refractivity contribution in [1.29, 1.82) is 0 Å². The van der Waals surface area contributed by atoms with Crippen molar-refractivity contribution in [3.05, 3.63) is 54.1 Å². The molecule has 0 aliphatic carbocycles. The molecule has 0 fully saturated rings. The third-order valence-corrected chi connectivity index (χ3v) is 3.74. The standard InChI is InChI=1S/C16H24N4/c1-3-11-20-12-10-18-16(20)15(19-17)14(4-2)13-8-6-5-7-9-13/h5-10,12,14-15,19H,3-4,11,17H2,1-2H3.